The highest BCUT2D eigenvalue weighted by Gasteiger charge is 2.22. The van der Waals surface area contributed by atoms with Crippen molar-refractivity contribution in [3.8, 4) is 0 Å². The molecule has 0 atom stereocenters. The van der Waals surface area contributed by atoms with Gasteiger partial charge in [0.2, 0.25) is 0 Å². The predicted molar refractivity (Wildman–Crippen MR) is 80.5 cm³/mol. The Morgan fingerprint density at radius 1 is 1.24 bits per heavy atom. The first-order valence-electron chi connectivity index (χ1n) is 6.02. The molecule has 1 aliphatic heterocycles. The Morgan fingerprint density at radius 3 is 2.71 bits per heavy atom. The molecular weight excluding hydrogens is 248 g/mol. The van der Waals surface area contributed by atoms with Crippen molar-refractivity contribution in [2.45, 2.75) is 19.8 Å². The van der Waals surface area contributed by atoms with Crippen LogP contribution in [0, 0.1) is 0 Å². The van der Waals surface area contributed by atoms with Gasteiger partial charge >= 0.3 is 0 Å². The van der Waals surface area contributed by atoms with Gasteiger partial charge in [-0.05, 0) is 30.8 Å². The van der Waals surface area contributed by atoms with Crippen molar-refractivity contribution in [3.63, 3.8) is 0 Å². The van der Waals surface area contributed by atoms with Crippen LogP contribution >= 0.6 is 24.0 Å². The first kappa shape index (κ1) is 12.7. The maximum absolute atomic E-state index is 5.58. The molecule has 1 heterocycles. The Bertz CT molecular complexity index is 367. The van der Waals surface area contributed by atoms with E-state index in [2.05, 4.69) is 41.0 Å². The third-order valence-corrected chi connectivity index (χ3v) is 4.23. The number of benzene rings is 1. The van der Waals surface area contributed by atoms with Crippen LogP contribution in [0.4, 0.5) is 5.69 Å². The Balaban J connectivity index is 2.06. The van der Waals surface area contributed by atoms with Crippen molar-refractivity contribution in [2.75, 3.05) is 23.2 Å². The normalized spacial score (nSPS) is 16.4. The number of para-hydroxylation sites is 1. The molecule has 0 amide bonds. The second kappa shape index (κ2) is 6.26. The fourth-order valence-corrected chi connectivity index (χ4v) is 3.32. The van der Waals surface area contributed by atoms with Gasteiger partial charge < -0.3 is 9.80 Å². The number of rotatable bonds is 4. The van der Waals surface area contributed by atoms with Crippen molar-refractivity contribution in [1.82, 2.24) is 4.90 Å². The lowest BCUT2D eigenvalue weighted by molar-refractivity contribution is 0.465. The molecule has 2 rings (SSSR count). The number of hydrogen-bond donors (Lipinski definition) is 0. The molecule has 0 radical (unpaired) electrons. The maximum atomic E-state index is 5.58. The summed E-state index contributed by atoms with van der Waals surface area (Å²) in [6, 6.07) is 10.4. The zero-order valence-corrected chi connectivity index (χ0v) is 11.8. The molecule has 0 aliphatic carbocycles. The molecule has 4 heteroatoms. The summed E-state index contributed by atoms with van der Waals surface area (Å²) < 4.78 is 0. The van der Waals surface area contributed by atoms with Gasteiger partial charge in [0.1, 0.15) is 0 Å². The molecule has 1 saturated heterocycles. The standard InChI is InChI=1S/C13H18N2S2/c1-2-3-9-14-10-17-11-15(13(14)16)12-7-5-4-6-8-12/h4-8H,2-3,9-11H2,1H3. The first-order chi connectivity index (χ1) is 8.33. The average Bonchev–Trinajstić information content (AvgIpc) is 2.39. The topological polar surface area (TPSA) is 6.48 Å². The SMILES string of the molecule is CCCCN1CSCN(c2ccccc2)C1=S. The zero-order valence-electron chi connectivity index (χ0n) is 10.1. The Labute approximate surface area is 113 Å². The minimum absolute atomic E-state index is 0.964. The van der Waals surface area contributed by atoms with Crippen molar-refractivity contribution in [1.29, 1.82) is 0 Å². The fourth-order valence-electron chi connectivity index (χ4n) is 1.83. The zero-order chi connectivity index (χ0) is 12.1. The molecule has 1 aliphatic rings. The highest BCUT2D eigenvalue weighted by Crippen LogP contribution is 2.24. The van der Waals surface area contributed by atoms with Gasteiger partial charge in [-0.3, -0.25) is 0 Å². The molecule has 0 bridgehead atoms. The van der Waals surface area contributed by atoms with Crippen molar-refractivity contribution in [3.05, 3.63) is 30.3 Å². The number of thioether (sulfide) groups is 1. The fraction of sp³-hybridized carbons (Fsp3) is 0.462. The van der Waals surface area contributed by atoms with Crippen LogP contribution in [0.2, 0.25) is 0 Å². The Kier molecular flexibility index (Phi) is 4.68. The highest BCUT2D eigenvalue weighted by atomic mass is 32.2. The smallest absolute Gasteiger partial charge is 0.177 e. The molecule has 17 heavy (non-hydrogen) atoms. The number of thiocarbonyl (C=S) groups is 1. The second-order valence-electron chi connectivity index (χ2n) is 4.13. The molecular formula is C13H18N2S2. The van der Waals surface area contributed by atoms with E-state index in [-0.39, 0.29) is 0 Å². The Hall–Kier alpha value is -0.740. The second-order valence-corrected chi connectivity index (χ2v) is 5.42. The quantitative estimate of drug-likeness (QED) is 0.769. The third-order valence-electron chi connectivity index (χ3n) is 2.82. The molecule has 0 spiro atoms. The van der Waals surface area contributed by atoms with Gasteiger partial charge in [0.05, 0.1) is 11.8 Å². The molecule has 2 nitrogen and oxygen atoms in total. The highest BCUT2D eigenvalue weighted by molar-refractivity contribution is 7.99. The molecule has 1 aromatic carbocycles. The summed E-state index contributed by atoms with van der Waals surface area (Å²) in [4.78, 5) is 4.53. The van der Waals surface area contributed by atoms with Gasteiger partial charge in [0.25, 0.3) is 0 Å². The van der Waals surface area contributed by atoms with Crippen LogP contribution in [0.1, 0.15) is 19.8 Å². The van der Waals surface area contributed by atoms with E-state index in [1.54, 1.807) is 0 Å². The summed E-state index contributed by atoms with van der Waals surface area (Å²) in [7, 11) is 0. The molecule has 1 aromatic rings. The van der Waals surface area contributed by atoms with Crippen molar-refractivity contribution in [2.24, 2.45) is 0 Å². The summed E-state index contributed by atoms with van der Waals surface area (Å²) in [6.45, 7) is 3.29. The first-order valence-corrected chi connectivity index (χ1v) is 7.58. The van der Waals surface area contributed by atoms with Crippen LogP contribution in [0.25, 0.3) is 0 Å². The third kappa shape index (κ3) is 3.13. The molecule has 92 valence electrons. The number of unbranched alkanes of at least 4 members (excludes halogenated alkanes) is 1. The van der Waals surface area contributed by atoms with Crippen LogP contribution in [-0.2, 0) is 0 Å². The number of hydrogen-bond acceptors (Lipinski definition) is 2. The van der Waals surface area contributed by atoms with E-state index >= 15 is 0 Å². The van der Waals surface area contributed by atoms with E-state index in [4.69, 9.17) is 12.2 Å². The molecule has 0 N–H and O–H groups in total. The van der Waals surface area contributed by atoms with E-state index in [0.717, 1.165) is 23.4 Å². The van der Waals surface area contributed by atoms with Gasteiger partial charge in [-0.1, -0.05) is 31.5 Å². The number of nitrogens with zero attached hydrogens (tertiary/aromatic N) is 2. The monoisotopic (exact) mass is 266 g/mol. The number of anilines is 1. The summed E-state index contributed by atoms with van der Waals surface area (Å²) in [5.74, 6) is 1.99. The molecule has 0 aromatic heterocycles. The molecule has 1 fully saturated rings. The summed E-state index contributed by atoms with van der Waals surface area (Å²) in [5.41, 5.74) is 1.20. The lowest BCUT2D eigenvalue weighted by Crippen LogP contribution is -2.47. The minimum Gasteiger partial charge on any atom is -0.340 e. The van der Waals surface area contributed by atoms with E-state index in [1.807, 2.05) is 17.8 Å². The molecule has 0 saturated carbocycles. The molecule has 0 unspecified atom stereocenters. The van der Waals surface area contributed by atoms with Crippen LogP contribution in [0.5, 0.6) is 0 Å². The lowest BCUT2D eigenvalue weighted by atomic mass is 10.3. The van der Waals surface area contributed by atoms with Gasteiger partial charge in [0, 0.05) is 12.2 Å². The predicted octanol–water partition coefficient (Wildman–Crippen LogP) is 3.54. The van der Waals surface area contributed by atoms with Crippen LogP contribution in [0.3, 0.4) is 0 Å². The lowest BCUT2D eigenvalue weighted by Gasteiger charge is -2.38. The summed E-state index contributed by atoms with van der Waals surface area (Å²) >= 11 is 7.51. The van der Waals surface area contributed by atoms with Crippen LogP contribution < -0.4 is 4.90 Å². The minimum atomic E-state index is 0.964. The van der Waals surface area contributed by atoms with Gasteiger partial charge in [-0.25, -0.2) is 0 Å². The Morgan fingerprint density at radius 2 is 2.00 bits per heavy atom. The summed E-state index contributed by atoms with van der Waals surface area (Å²) in [5, 5.41) is 0.975. The average molecular weight is 266 g/mol. The largest absolute Gasteiger partial charge is 0.340 e. The maximum Gasteiger partial charge on any atom is 0.177 e. The van der Waals surface area contributed by atoms with E-state index in [0.29, 0.717) is 0 Å². The van der Waals surface area contributed by atoms with Crippen molar-refractivity contribution < 1.29 is 0 Å². The van der Waals surface area contributed by atoms with E-state index in [1.165, 1.54) is 18.5 Å². The van der Waals surface area contributed by atoms with E-state index in [9.17, 15) is 0 Å². The van der Waals surface area contributed by atoms with E-state index < -0.39 is 0 Å². The van der Waals surface area contributed by atoms with Crippen molar-refractivity contribution >= 4 is 34.8 Å². The summed E-state index contributed by atoms with van der Waals surface area (Å²) in [6.07, 6.45) is 2.43. The van der Waals surface area contributed by atoms with Crippen LogP contribution in [-0.4, -0.2) is 28.3 Å². The van der Waals surface area contributed by atoms with Gasteiger partial charge in [-0.15, -0.1) is 11.8 Å². The van der Waals surface area contributed by atoms with Crippen LogP contribution in [0.15, 0.2) is 30.3 Å². The van der Waals surface area contributed by atoms with Gasteiger partial charge in [0.15, 0.2) is 5.11 Å². The van der Waals surface area contributed by atoms with Gasteiger partial charge in [-0.2, -0.15) is 0 Å².